The molecule has 0 N–H and O–H groups in total. The van der Waals surface area contributed by atoms with Gasteiger partial charge in [0, 0.05) is 0 Å². The van der Waals surface area contributed by atoms with Gasteiger partial charge >= 0.3 is 0 Å². The van der Waals surface area contributed by atoms with E-state index < -0.39 is 0 Å². The minimum Gasteiger partial charge on any atom is -0.375 e. The van der Waals surface area contributed by atoms with Crippen molar-refractivity contribution in [2.24, 2.45) is 11.3 Å². The first-order chi connectivity index (χ1) is 7.43. The molecule has 0 bridgehead atoms. The molecule has 0 amide bonds. The second kappa shape index (κ2) is 5.53. The third-order valence-corrected chi connectivity index (χ3v) is 4.21. The molecule has 2 atom stereocenters. The van der Waals surface area contributed by atoms with Crippen LogP contribution in [0.25, 0.3) is 0 Å². The zero-order valence-corrected chi connectivity index (χ0v) is 11.9. The smallest absolute Gasteiger partial charge is 0.0632 e. The van der Waals surface area contributed by atoms with Gasteiger partial charge in [0.15, 0.2) is 0 Å². The highest BCUT2D eigenvalue weighted by molar-refractivity contribution is 4.92. The van der Waals surface area contributed by atoms with Gasteiger partial charge in [0.2, 0.25) is 0 Å². The molecule has 0 aromatic heterocycles. The minimum absolute atomic E-state index is 0.116. The third-order valence-electron chi connectivity index (χ3n) is 4.21. The summed E-state index contributed by atoms with van der Waals surface area (Å²) in [5.74, 6) is 0.873. The van der Waals surface area contributed by atoms with E-state index in [1.807, 2.05) is 0 Å². The van der Waals surface area contributed by atoms with Gasteiger partial charge in [-0.3, -0.25) is 0 Å². The molecule has 1 heterocycles. The van der Waals surface area contributed by atoms with Crippen LogP contribution in [0.5, 0.6) is 0 Å². The van der Waals surface area contributed by atoms with Crippen molar-refractivity contribution in [1.82, 2.24) is 0 Å². The topological polar surface area (TPSA) is 9.23 Å². The summed E-state index contributed by atoms with van der Waals surface area (Å²) in [5, 5.41) is 0. The molecule has 0 aromatic rings. The second-order valence-corrected chi connectivity index (χ2v) is 6.53. The van der Waals surface area contributed by atoms with Crippen LogP contribution in [0.2, 0.25) is 0 Å². The average molecular weight is 226 g/mol. The van der Waals surface area contributed by atoms with E-state index >= 15 is 0 Å². The summed E-state index contributed by atoms with van der Waals surface area (Å²) < 4.78 is 5.97. The van der Waals surface area contributed by atoms with Crippen LogP contribution in [0.3, 0.4) is 0 Å². The van der Waals surface area contributed by atoms with Crippen molar-refractivity contribution >= 4 is 0 Å². The molecule has 1 fully saturated rings. The molecule has 96 valence electrons. The van der Waals surface area contributed by atoms with Crippen LogP contribution in [-0.2, 0) is 4.74 Å². The van der Waals surface area contributed by atoms with Crippen molar-refractivity contribution < 1.29 is 4.74 Å². The van der Waals surface area contributed by atoms with E-state index in [9.17, 15) is 0 Å². The maximum absolute atomic E-state index is 5.97. The fraction of sp³-hybridized carbons (Fsp3) is 1.00. The Kier molecular flexibility index (Phi) is 4.85. The lowest BCUT2D eigenvalue weighted by Crippen LogP contribution is -2.24. The summed E-state index contributed by atoms with van der Waals surface area (Å²) in [6.07, 6.45) is 7.93. The third kappa shape index (κ3) is 3.76. The van der Waals surface area contributed by atoms with Crippen LogP contribution in [0, 0.1) is 11.3 Å². The van der Waals surface area contributed by atoms with Gasteiger partial charge in [0.1, 0.15) is 0 Å². The SMILES string of the molecule is CCCC1(CCC(C)CC)COC(C)(C)C1. The minimum atomic E-state index is 0.116. The van der Waals surface area contributed by atoms with Gasteiger partial charge in [0.05, 0.1) is 12.2 Å². The lowest BCUT2D eigenvalue weighted by atomic mass is 9.74. The highest BCUT2D eigenvalue weighted by Crippen LogP contribution is 2.46. The summed E-state index contributed by atoms with van der Waals surface area (Å²) in [6, 6.07) is 0. The normalized spacial score (nSPS) is 30.6. The molecule has 2 unspecified atom stereocenters. The Morgan fingerprint density at radius 3 is 2.31 bits per heavy atom. The molecule has 1 saturated heterocycles. The monoisotopic (exact) mass is 226 g/mol. The average Bonchev–Trinajstić information content (AvgIpc) is 2.52. The Balaban J connectivity index is 2.54. The van der Waals surface area contributed by atoms with Gasteiger partial charge in [-0.25, -0.2) is 0 Å². The Morgan fingerprint density at radius 2 is 1.88 bits per heavy atom. The Morgan fingerprint density at radius 1 is 1.19 bits per heavy atom. The molecule has 1 rings (SSSR count). The van der Waals surface area contributed by atoms with Crippen molar-refractivity contribution in [1.29, 1.82) is 0 Å². The number of rotatable bonds is 6. The molecule has 0 aromatic carbocycles. The highest BCUT2D eigenvalue weighted by atomic mass is 16.5. The molecule has 1 aliphatic heterocycles. The van der Waals surface area contributed by atoms with Crippen LogP contribution in [0.4, 0.5) is 0 Å². The molecular weight excluding hydrogens is 196 g/mol. The van der Waals surface area contributed by atoms with Crippen LogP contribution < -0.4 is 0 Å². The molecule has 1 aliphatic rings. The number of ether oxygens (including phenoxy) is 1. The molecule has 0 saturated carbocycles. The van der Waals surface area contributed by atoms with E-state index in [0.717, 1.165) is 12.5 Å². The van der Waals surface area contributed by atoms with Gasteiger partial charge < -0.3 is 4.74 Å². The predicted octanol–water partition coefficient (Wildman–Crippen LogP) is 4.80. The van der Waals surface area contributed by atoms with E-state index in [4.69, 9.17) is 4.74 Å². The van der Waals surface area contributed by atoms with Crippen molar-refractivity contribution in [3.63, 3.8) is 0 Å². The molecule has 0 radical (unpaired) electrons. The summed E-state index contributed by atoms with van der Waals surface area (Å²) in [6.45, 7) is 12.5. The second-order valence-electron chi connectivity index (χ2n) is 6.53. The Hall–Kier alpha value is -0.0400. The number of hydrogen-bond donors (Lipinski definition) is 0. The van der Waals surface area contributed by atoms with Gasteiger partial charge in [-0.1, -0.05) is 40.0 Å². The van der Waals surface area contributed by atoms with Crippen LogP contribution in [0.1, 0.15) is 73.1 Å². The summed E-state index contributed by atoms with van der Waals surface area (Å²) >= 11 is 0. The van der Waals surface area contributed by atoms with Crippen molar-refractivity contribution in [3.8, 4) is 0 Å². The predicted molar refractivity (Wildman–Crippen MR) is 70.7 cm³/mol. The summed E-state index contributed by atoms with van der Waals surface area (Å²) in [4.78, 5) is 0. The molecule has 0 aliphatic carbocycles. The first-order valence-corrected chi connectivity index (χ1v) is 7.07. The lowest BCUT2D eigenvalue weighted by molar-refractivity contribution is 0.0296. The maximum Gasteiger partial charge on any atom is 0.0632 e. The van der Waals surface area contributed by atoms with Crippen LogP contribution in [0.15, 0.2) is 0 Å². The molecular formula is C15H30O. The van der Waals surface area contributed by atoms with Crippen LogP contribution >= 0.6 is 0 Å². The van der Waals surface area contributed by atoms with Gasteiger partial charge in [-0.15, -0.1) is 0 Å². The van der Waals surface area contributed by atoms with E-state index in [1.165, 1.54) is 38.5 Å². The quantitative estimate of drug-likeness (QED) is 0.632. The van der Waals surface area contributed by atoms with Crippen molar-refractivity contribution in [3.05, 3.63) is 0 Å². The van der Waals surface area contributed by atoms with Gasteiger partial charge in [0.25, 0.3) is 0 Å². The van der Waals surface area contributed by atoms with Crippen molar-refractivity contribution in [2.45, 2.75) is 78.7 Å². The van der Waals surface area contributed by atoms with E-state index in [-0.39, 0.29) is 5.60 Å². The standard InChI is InChI=1S/C15H30O/c1-6-9-15(10-8-13(3)7-2)11-14(4,5)16-12-15/h13H,6-12H2,1-5H3. The Bertz CT molecular complexity index is 209. The van der Waals surface area contributed by atoms with Gasteiger partial charge in [-0.2, -0.15) is 0 Å². The molecule has 0 spiro atoms. The lowest BCUT2D eigenvalue weighted by Gasteiger charge is -2.29. The largest absolute Gasteiger partial charge is 0.375 e. The summed E-state index contributed by atoms with van der Waals surface area (Å²) in [7, 11) is 0. The maximum atomic E-state index is 5.97. The van der Waals surface area contributed by atoms with Gasteiger partial charge in [-0.05, 0) is 44.4 Å². The van der Waals surface area contributed by atoms with E-state index in [1.54, 1.807) is 0 Å². The number of hydrogen-bond acceptors (Lipinski definition) is 1. The molecule has 16 heavy (non-hydrogen) atoms. The fourth-order valence-electron chi connectivity index (χ4n) is 3.09. The molecule has 1 nitrogen and oxygen atoms in total. The van der Waals surface area contributed by atoms with Crippen molar-refractivity contribution in [2.75, 3.05) is 6.61 Å². The molecule has 1 heteroatoms. The zero-order valence-electron chi connectivity index (χ0n) is 11.9. The van der Waals surface area contributed by atoms with E-state index in [2.05, 4.69) is 34.6 Å². The fourth-order valence-corrected chi connectivity index (χ4v) is 3.09. The van der Waals surface area contributed by atoms with E-state index in [0.29, 0.717) is 5.41 Å². The zero-order chi connectivity index (χ0) is 12.2. The summed E-state index contributed by atoms with van der Waals surface area (Å²) in [5.41, 5.74) is 0.603. The highest BCUT2D eigenvalue weighted by Gasteiger charge is 2.43. The Labute approximate surface area is 102 Å². The first kappa shape index (κ1) is 14.0. The van der Waals surface area contributed by atoms with Crippen LogP contribution in [-0.4, -0.2) is 12.2 Å². The first-order valence-electron chi connectivity index (χ1n) is 7.07.